The zero-order chi connectivity index (χ0) is 13.1. The van der Waals surface area contributed by atoms with Crippen LogP contribution in [0.4, 0.5) is 0 Å². The van der Waals surface area contributed by atoms with Gasteiger partial charge in [-0.15, -0.1) is 0 Å². The Bertz CT molecular complexity index is 196. The molecular weight excluding hydrogens is 216 g/mol. The van der Waals surface area contributed by atoms with Crippen molar-refractivity contribution in [1.82, 2.24) is 9.80 Å². The Morgan fingerprint density at radius 2 is 1.76 bits per heavy atom. The molecule has 102 valence electrons. The van der Waals surface area contributed by atoms with Crippen LogP contribution < -0.4 is 0 Å². The van der Waals surface area contributed by atoms with Crippen LogP contribution in [0, 0.1) is 0 Å². The smallest absolute Gasteiger partial charge is 0.248 e. The van der Waals surface area contributed by atoms with Gasteiger partial charge < -0.3 is 14.5 Å². The van der Waals surface area contributed by atoms with E-state index in [-0.39, 0.29) is 12.5 Å². The quantitative estimate of drug-likeness (QED) is 0.547. The molecule has 0 spiro atoms. The number of carbonyl (C=O) groups excluding carboxylic acids is 1. The summed E-state index contributed by atoms with van der Waals surface area (Å²) < 4.78 is 5.32. The average molecular weight is 244 g/mol. The van der Waals surface area contributed by atoms with Crippen molar-refractivity contribution in [3.63, 3.8) is 0 Å². The van der Waals surface area contributed by atoms with E-state index in [1.54, 1.807) is 4.90 Å². The van der Waals surface area contributed by atoms with Crippen LogP contribution in [0.15, 0.2) is 0 Å². The van der Waals surface area contributed by atoms with Gasteiger partial charge in [0.1, 0.15) is 6.61 Å². The number of hydrogen-bond donors (Lipinski definition) is 0. The topological polar surface area (TPSA) is 32.8 Å². The molecule has 4 heteroatoms. The number of hydrogen-bond acceptors (Lipinski definition) is 3. The first-order valence-electron chi connectivity index (χ1n) is 6.54. The number of ether oxygens (including phenoxy) is 1. The monoisotopic (exact) mass is 244 g/mol. The summed E-state index contributed by atoms with van der Waals surface area (Å²) in [6.45, 7) is 4.71. The van der Waals surface area contributed by atoms with Crippen molar-refractivity contribution in [2.24, 2.45) is 0 Å². The average Bonchev–Trinajstić information content (AvgIpc) is 2.29. The summed E-state index contributed by atoms with van der Waals surface area (Å²) in [6, 6.07) is 0. The second kappa shape index (κ2) is 10.5. The lowest BCUT2D eigenvalue weighted by Gasteiger charge is -2.17. The van der Waals surface area contributed by atoms with Crippen LogP contribution in [0.25, 0.3) is 0 Å². The molecule has 0 aromatic rings. The molecule has 0 aromatic carbocycles. The van der Waals surface area contributed by atoms with E-state index in [0.29, 0.717) is 6.61 Å². The summed E-state index contributed by atoms with van der Waals surface area (Å²) in [5.74, 6) is 0.0836. The Balaban J connectivity index is 3.47. The standard InChI is InChI=1S/C13H28N2O2/c1-5-6-7-8-9-15(4)13(16)12-17-11-10-14(2)3/h5-12H2,1-4H3. The molecule has 0 radical (unpaired) electrons. The number of likely N-dealkylation sites (N-methyl/N-ethyl adjacent to an activating group) is 2. The minimum atomic E-state index is 0.0836. The molecule has 4 nitrogen and oxygen atoms in total. The number of nitrogens with zero attached hydrogens (tertiary/aromatic N) is 2. The Hall–Kier alpha value is -0.610. The highest BCUT2D eigenvalue weighted by molar-refractivity contribution is 5.77. The van der Waals surface area contributed by atoms with Gasteiger partial charge in [0, 0.05) is 20.1 Å². The lowest BCUT2D eigenvalue weighted by Crippen LogP contribution is -2.32. The summed E-state index contributed by atoms with van der Waals surface area (Å²) in [6.07, 6.45) is 4.77. The number of amides is 1. The van der Waals surface area contributed by atoms with E-state index in [1.165, 1.54) is 19.3 Å². The maximum atomic E-state index is 11.6. The fourth-order valence-corrected chi connectivity index (χ4v) is 1.42. The van der Waals surface area contributed by atoms with E-state index >= 15 is 0 Å². The first-order valence-corrected chi connectivity index (χ1v) is 6.54. The first-order chi connectivity index (χ1) is 8.07. The van der Waals surface area contributed by atoms with Crippen LogP contribution >= 0.6 is 0 Å². The third-order valence-electron chi connectivity index (χ3n) is 2.68. The van der Waals surface area contributed by atoms with E-state index in [4.69, 9.17) is 4.74 Å². The Morgan fingerprint density at radius 3 is 2.35 bits per heavy atom. The fourth-order valence-electron chi connectivity index (χ4n) is 1.42. The Labute approximate surface area is 106 Å². The molecule has 0 unspecified atom stereocenters. The summed E-state index contributed by atoms with van der Waals surface area (Å²) in [5.41, 5.74) is 0. The van der Waals surface area contributed by atoms with Crippen molar-refractivity contribution < 1.29 is 9.53 Å². The van der Waals surface area contributed by atoms with Gasteiger partial charge in [-0.1, -0.05) is 26.2 Å². The van der Waals surface area contributed by atoms with Crippen LogP contribution in [0.1, 0.15) is 32.6 Å². The molecule has 0 aliphatic carbocycles. The van der Waals surface area contributed by atoms with Crippen molar-refractivity contribution >= 4 is 5.91 Å². The molecule has 0 heterocycles. The van der Waals surface area contributed by atoms with Crippen LogP contribution in [-0.4, -0.2) is 63.2 Å². The molecule has 0 rings (SSSR count). The predicted molar refractivity (Wildman–Crippen MR) is 71.2 cm³/mol. The molecule has 0 aliphatic heterocycles. The van der Waals surface area contributed by atoms with E-state index in [9.17, 15) is 4.79 Å². The van der Waals surface area contributed by atoms with Gasteiger partial charge in [0.15, 0.2) is 0 Å². The highest BCUT2D eigenvalue weighted by Crippen LogP contribution is 2.00. The molecule has 0 saturated carbocycles. The molecule has 0 saturated heterocycles. The summed E-state index contributed by atoms with van der Waals surface area (Å²) >= 11 is 0. The van der Waals surface area contributed by atoms with Gasteiger partial charge >= 0.3 is 0 Å². The molecule has 0 N–H and O–H groups in total. The third kappa shape index (κ3) is 10.3. The van der Waals surface area contributed by atoms with E-state index in [2.05, 4.69) is 6.92 Å². The maximum Gasteiger partial charge on any atom is 0.248 e. The summed E-state index contributed by atoms with van der Waals surface area (Å²) in [7, 11) is 5.83. The van der Waals surface area contributed by atoms with E-state index < -0.39 is 0 Å². The lowest BCUT2D eigenvalue weighted by molar-refractivity contribution is -0.134. The zero-order valence-electron chi connectivity index (χ0n) is 11.9. The molecule has 0 atom stereocenters. The molecule has 17 heavy (non-hydrogen) atoms. The van der Waals surface area contributed by atoms with Crippen LogP contribution in [-0.2, 0) is 9.53 Å². The van der Waals surface area contributed by atoms with Crippen molar-refractivity contribution in [2.75, 3.05) is 47.4 Å². The number of rotatable bonds is 10. The second-order valence-electron chi connectivity index (χ2n) is 4.73. The largest absolute Gasteiger partial charge is 0.370 e. The van der Waals surface area contributed by atoms with Gasteiger partial charge in [-0.3, -0.25) is 4.79 Å². The SMILES string of the molecule is CCCCCCN(C)C(=O)COCCN(C)C. The van der Waals surface area contributed by atoms with Crippen molar-refractivity contribution in [2.45, 2.75) is 32.6 Å². The number of unbranched alkanes of at least 4 members (excludes halogenated alkanes) is 3. The van der Waals surface area contributed by atoms with Gasteiger partial charge in [0.2, 0.25) is 5.91 Å². The van der Waals surface area contributed by atoms with Gasteiger partial charge in [-0.25, -0.2) is 0 Å². The molecule has 0 aliphatic rings. The predicted octanol–water partition coefficient (Wildman–Crippen LogP) is 1.60. The Kier molecular flexibility index (Phi) is 10.2. The van der Waals surface area contributed by atoms with Crippen LogP contribution in [0.3, 0.4) is 0 Å². The van der Waals surface area contributed by atoms with Crippen LogP contribution in [0.5, 0.6) is 0 Å². The lowest BCUT2D eigenvalue weighted by atomic mass is 10.2. The molecule has 0 bridgehead atoms. The minimum absolute atomic E-state index is 0.0836. The van der Waals surface area contributed by atoms with Gasteiger partial charge in [0.05, 0.1) is 6.61 Å². The van der Waals surface area contributed by atoms with E-state index in [0.717, 1.165) is 19.5 Å². The second-order valence-corrected chi connectivity index (χ2v) is 4.73. The first kappa shape index (κ1) is 16.4. The molecule has 1 amide bonds. The zero-order valence-corrected chi connectivity index (χ0v) is 11.9. The molecule has 0 aromatic heterocycles. The maximum absolute atomic E-state index is 11.6. The molecule has 0 fully saturated rings. The van der Waals surface area contributed by atoms with Crippen molar-refractivity contribution in [3.05, 3.63) is 0 Å². The van der Waals surface area contributed by atoms with Crippen molar-refractivity contribution in [1.29, 1.82) is 0 Å². The minimum Gasteiger partial charge on any atom is -0.370 e. The summed E-state index contributed by atoms with van der Waals surface area (Å²) in [5, 5.41) is 0. The van der Waals surface area contributed by atoms with Crippen molar-refractivity contribution in [3.8, 4) is 0 Å². The van der Waals surface area contributed by atoms with E-state index in [1.807, 2.05) is 26.0 Å². The summed E-state index contributed by atoms with van der Waals surface area (Å²) in [4.78, 5) is 15.4. The number of carbonyl (C=O) groups is 1. The Morgan fingerprint density at radius 1 is 1.06 bits per heavy atom. The van der Waals surface area contributed by atoms with Crippen LogP contribution in [0.2, 0.25) is 0 Å². The molecular formula is C13H28N2O2. The van der Waals surface area contributed by atoms with Gasteiger partial charge in [-0.05, 0) is 20.5 Å². The fraction of sp³-hybridized carbons (Fsp3) is 0.923. The highest BCUT2D eigenvalue weighted by atomic mass is 16.5. The van der Waals surface area contributed by atoms with Gasteiger partial charge in [0.25, 0.3) is 0 Å². The third-order valence-corrected chi connectivity index (χ3v) is 2.68. The van der Waals surface area contributed by atoms with Gasteiger partial charge in [-0.2, -0.15) is 0 Å². The highest BCUT2D eigenvalue weighted by Gasteiger charge is 2.07. The normalized spacial score (nSPS) is 10.9.